The van der Waals surface area contributed by atoms with E-state index in [1.165, 1.54) is 0 Å². The van der Waals surface area contributed by atoms with Gasteiger partial charge in [0.1, 0.15) is 5.75 Å². The number of hydrogen-bond acceptors (Lipinski definition) is 2. The van der Waals surface area contributed by atoms with Crippen LogP contribution in [-0.2, 0) is 13.6 Å². The molecule has 21 heavy (non-hydrogen) atoms. The fourth-order valence-corrected chi connectivity index (χ4v) is 2.53. The Morgan fingerprint density at radius 3 is 2.76 bits per heavy atom. The van der Waals surface area contributed by atoms with E-state index in [0.29, 0.717) is 13.2 Å². The highest BCUT2D eigenvalue weighted by atomic mass is 16.5. The summed E-state index contributed by atoms with van der Waals surface area (Å²) in [6.45, 7) is 2.94. The number of rotatable bonds is 5. The molecule has 0 amide bonds. The zero-order valence-electron chi connectivity index (χ0n) is 12.2. The molecule has 3 aromatic rings. The fraction of sp³-hybridized carbons (Fsp3) is 0.235. The van der Waals surface area contributed by atoms with E-state index in [2.05, 4.69) is 0 Å². The Labute approximate surface area is 123 Å². The third-order valence-corrected chi connectivity index (χ3v) is 3.54. The maximum absolute atomic E-state index is 12.3. The highest BCUT2D eigenvalue weighted by Gasteiger charge is 2.11. The molecule has 0 bridgehead atoms. The van der Waals surface area contributed by atoms with Crippen LogP contribution in [-0.4, -0.2) is 21.5 Å². The maximum atomic E-state index is 12.3. The molecule has 3 rings (SSSR count). The van der Waals surface area contributed by atoms with Crippen LogP contribution in [0.15, 0.2) is 48.9 Å². The monoisotopic (exact) mass is 282 g/mol. The van der Waals surface area contributed by atoms with Crippen molar-refractivity contribution >= 4 is 16.7 Å². The minimum Gasteiger partial charge on any atom is -0.493 e. The van der Waals surface area contributed by atoms with E-state index in [-0.39, 0.29) is 5.78 Å². The van der Waals surface area contributed by atoms with E-state index < -0.39 is 0 Å². The largest absolute Gasteiger partial charge is 0.493 e. The Hall–Kier alpha value is -2.49. The van der Waals surface area contributed by atoms with Gasteiger partial charge in [0.2, 0.25) is 0 Å². The Morgan fingerprint density at radius 1 is 1.19 bits per heavy atom. The quantitative estimate of drug-likeness (QED) is 0.673. The van der Waals surface area contributed by atoms with E-state index in [1.807, 2.05) is 72.0 Å². The molecule has 1 aromatic carbocycles. The molecular formula is C17H18N2O2. The number of aromatic nitrogens is 2. The molecule has 0 atom stereocenters. The molecule has 2 aromatic heterocycles. The molecule has 108 valence electrons. The number of benzene rings is 1. The van der Waals surface area contributed by atoms with Crippen molar-refractivity contribution in [1.29, 1.82) is 0 Å². The van der Waals surface area contributed by atoms with Crippen molar-refractivity contribution in [3.05, 3.63) is 54.5 Å². The van der Waals surface area contributed by atoms with Crippen LogP contribution in [0.3, 0.4) is 0 Å². The Kier molecular flexibility index (Phi) is 3.52. The van der Waals surface area contributed by atoms with Crippen LogP contribution < -0.4 is 4.74 Å². The minimum atomic E-state index is 0.106. The zero-order valence-corrected chi connectivity index (χ0v) is 12.2. The highest BCUT2D eigenvalue weighted by molar-refractivity contribution is 5.97. The molecule has 0 fully saturated rings. The molecular weight excluding hydrogens is 264 g/mol. The number of carbonyl (C=O) groups excluding carboxylic acids is 1. The highest BCUT2D eigenvalue weighted by Crippen LogP contribution is 2.26. The Balaban J connectivity index is 1.91. The van der Waals surface area contributed by atoms with Gasteiger partial charge in [-0.25, -0.2) is 0 Å². The minimum absolute atomic E-state index is 0.106. The number of nitrogens with zero attached hydrogens (tertiary/aromatic N) is 2. The fourth-order valence-electron chi connectivity index (χ4n) is 2.53. The molecule has 4 heteroatoms. The van der Waals surface area contributed by atoms with E-state index in [9.17, 15) is 4.79 Å². The van der Waals surface area contributed by atoms with Gasteiger partial charge in [0.05, 0.1) is 18.7 Å². The first-order valence-electron chi connectivity index (χ1n) is 7.05. The SMILES string of the molecule is CCOc1cccc2c1ccn2CC(=O)c1ccn(C)c1. The number of Topliss-reactive ketones (excluding diaryl/α,β-unsaturated/α-hetero) is 1. The molecule has 0 aliphatic carbocycles. The molecule has 0 saturated heterocycles. The molecule has 0 radical (unpaired) electrons. The van der Waals surface area contributed by atoms with Gasteiger partial charge in [0.15, 0.2) is 5.78 Å². The van der Waals surface area contributed by atoms with Gasteiger partial charge < -0.3 is 13.9 Å². The van der Waals surface area contributed by atoms with Gasteiger partial charge in [-0.3, -0.25) is 4.79 Å². The number of ether oxygens (including phenoxy) is 1. The lowest BCUT2D eigenvalue weighted by atomic mass is 10.2. The number of aryl methyl sites for hydroxylation is 1. The average molecular weight is 282 g/mol. The van der Waals surface area contributed by atoms with Crippen LogP contribution in [0, 0.1) is 0 Å². The molecule has 0 aliphatic heterocycles. The van der Waals surface area contributed by atoms with Gasteiger partial charge >= 0.3 is 0 Å². The number of carbonyl (C=O) groups is 1. The standard InChI is InChI=1S/C17H18N2O2/c1-3-21-17-6-4-5-15-14(17)8-10-19(15)12-16(20)13-7-9-18(2)11-13/h4-11H,3,12H2,1-2H3. The molecule has 0 unspecified atom stereocenters. The lowest BCUT2D eigenvalue weighted by molar-refractivity contribution is 0.0973. The summed E-state index contributed by atoms with van der Waals surface area (Å²) in [6, 6.07) is 9.76. The van der Waals surface area contributed by atoms with Crippen LogP contribution >= 0.6 is 0 Å². The van der Waals surface area contributed by atoms with Crippen LogP contribution in [0.4, 0.5) is 0 Å². The van der Waals surface area contributed by atoms with Gasteiger partial charge in [0, 0.05) is 36.6 Å². The van der Waals surface area contributed by atoms with Gasteiger partial charge in [-0.2, -0.15) is 0 Å². The summed E-state index contributed by atoms with van der Waals surface area (Å²) in [6.07, 6.45) is 5.67. The summed E-state index contributed by atoms with van der Waals surface area (Å²) in [5.74, 6) is 0.968. The second-order valence-corrected chi connectivity index (χ2v) is 5.05. The lowest BCUT2D eigenvalue weighted by Crippen LogP contribution is -2.08. The van der Waals surface area contributed by atoms with Crippen molar-refractivity contribution < 1.29 is 9.53 Å². The number of hydrogen-bond donors (Lipinski definition) is 0. The van der Waals surface area contributed by atoms with Crippen LogP contribution in [0.1, 0.15) is 17.3 Å². The predicted octanol–water partition coefficient (Wildman–Crippen LogP) is 3.26. The predicted molar refractivity (Wildman–Crippen MR) is 82.9 cm³/mol. The summed E-state index contributed by atoms with van der Waals surface area (Å²) in [5, 5.41) is 1.04. The first-order chi connectivity index (χ1) is 10.2. The van der Waals surface area contributed by atoms with Gasteiger partial charge in [0.25, 0.3) is 0 Å². The number of fused-ring (bicyclic) bond motifs is 1. The molecule has 2 heterocycles. The molecule has 0 spiro atoms. The summed E-state index contributed by atoms with van der Waals surface area (Å²) in [5.41, 5.74) is 1.76. The van der Waals surface area contributed by atoms with E-state index in [1.54, 1.807) is 0 Å². The molecule has 4 nitrogen and oxygen atoms in total. The van der Waals surface area contributed by atoms with Gasteiger partial charge in [-0.15, -0.1) is 0 Å². The second-order valence-electron chi connectivity index (χ2n) is 5.05. The average Bonchev–Trinajstić information content (AvgIpc) is 3.07. The normalized spacial score (nSPS) is 11.0. The van der Waals surface area contributed by atoms with Crippen LogP contribution in [0.25, 0.3) is 10.9 Å². The van der Waals surface area contributed by atoms with Crippen molar-refractivity contribution in [3.63, 3.8) is 0 Å². The first kappa shape index (κ1) is 13.5. The third kappa shape index (κ3) is 2.57. The molecule has 0 saturated carbocycles. The van der Waals surface area contributed by atoms with Crippen LogP contribution in [0.2, 0.25) is 0 Å². The zero-order chi connectivity index (χ0) is 14.8. The van der Waals surface area contributed by atoms with Gasteiger partial charge in [-0.05, 0) is 31.2 Å². The van der Waals surface area contributed by atoms with E-state index in [4.69, 9.17) is 4.74 Å². The molecule has 0 N–H and O–H groups in total. The summed E-state index contributed by atoms with van der Waals surface area (Å²) in [4.78, 5) is 12.3. The topological polar surface area (TPSA) is 36.2 Å². The van der Waals surface area contributed by atoms with Crippen molar-refractivity contribution in [3.8, 4) is 5.75 Å². The molecule has 0 aliphatic rings. The maximum Gasteiger partial charge on any atom is 0.184 e. The van der Waals surface area contributed by atoms with Crippen LogP contribution in [0.5, 0.6) is 5.75 Å². The third-order valence-electron chi connectivity index (χ3n) is 3.54. The summed E-state index contributed by atoms with van der Waals surface area (Å²) in [7, 11) is 1.91. The Morgan fingerprint density at radius 2 is 2.05 bits per heavy atom. The van der Waals surface area contributed by atoms with Gasteiger partial charge in [-0.1, -0.05) is 6.07 Å². The van der Waals surface area contributed by atoms with Crippen molar-refractivity contribution in [2.45, 2.75) is 13.5 Å². The van der Waals surface area contributed by atoms with E-state index >= 15 is 0 Å². The summed E-state index contributed by atoms with van der Waals surface area (Å²) < 4.78 is 9.47. The smallest absolute Gasteiger partial charge is 0.184 e. The summed E-state index contributed by atoms with van der Waals surface area (Å²) >= 11 is 0. The Bertz CT molecular complexity index is 783. The van der Waals surface area contributed by atoms with Crippen molar-refractivity contribution in [2.75, 3.05) is 6.61 Å². The van der Waals surface area contributed by atoms with Crippen molar-refractivity contribution in [1.82, 2.24) is 9.13 Å². The second kappa shape index (κ2) is 5.48. The van der Waals surface area contributed by atoms with E-state index in [0.717, 1.165) is 22.2 Å². The lowest BCUT2D eigenvalue weighted by Gasteiger charge is -2.07. The van der Waals surface area contributed by atoms with Crippen molar-refractivity contribution in [2.24, 2.45) is 7.05 Å². The first-order valence-corrected chi connectivity index (χ1v) is 7.05. The number of ketones is 1.